The van der Waals surface area contributed by atoms with Gasteiger partial charge in [0.25, 0.3) is 0 Å². The monoisotopic (exact) mass is 250 g/mol. The maximum Gasteiger partial charge on any atom is 0.469 e. The Morgan fingerprint density at radius 1 is 1.14 bits per heavy atom. The number of aliphatic hydroxyl groups excluding tert-OH is 1. The maximum atomic E-state index is 10.5. The van der Waals surface area contributed by atoms with Crippen LogP contribution in [0.1, 0.15) is 0 Å². The molecule has 0 fully saturated rings. The van der Waals surface area contributed by atoms with E-state index in [-0.39, 0.29) is 0 Å². The van der Waals surface area contributed by atoms with E-state index in [1.807, 2.05) is 0 Å². The summed E-state index contributed by atoms with van der Waals surface area (Å²) in [6, 6.07) is 0. The van der Waals surface area contributed by atoms with Crippen LogP contribution in [0.4, 0.5) is 0 Å². The Morgan fingerprint density at radius 2 is 1.57 bits per heavy atom. The zero-order valence-electron chi connectivity index (χ0n) is 7.31. The summed E-state index contributed by atoms with van der Waals surface area (Å²) in [5.41, 5.74) is 0. The lowest BCUT2D eigenvalue weighted by Gasteiger charge is -2.13. The molecule has 0 amide bonds. The van der Waals surface area contributed by atoms with Crippen molar-refractivity contribution in [2.75, 3.05) is 19.9 Å². The largest absolute Gasteiger partial charge is 0.469 e. The fourth-order valence-electron chi connectivity index (χ4n) is 0.456. The predicted molar refractivity (Wildman–Crippen MR) is 45.7 cm³/mol. The molecule has 2 atom stereocenters. The lowest BCUT2D eigenvalue weighted by molar-refractivity contribution is 0.0468. The summed E-state index contributed by atoms with van der Waals surface area (Å²) in [6.07, 6.45) is -1.37. The fraction of sp³-hybridized carbons (Fsp3) is 1.00. The van der Waals surface area contributed by atoms with E-state index < -0.39 is 34.7 Å². The molecule has 0 saturated heterocycles. The van der Waals surface area contributed by atoms with Crippen molar-refractivity contribution in [2.24, 2.45) is 0 Å². The molecule has 0 spiro atoms. The molecule has 10 heteroatoms. The Morgan fingerprint density at radius 3 is 1.93 bits per heavy atom. The maximum absolute atomic E-state index is 10.5. The molecule has 0 heterocycles. The average Bonchev–Trinajstić information content (AvgIpc) is 1.94. The van der Waals surface area contributed by atoms with Gasteiger partial charge in [-0.2, -0.15) is 0 Å². The quantitative estimate of drug-likeness (QED) is 0.454. The highest BCUT2D eigenvalue weighted by atomic mass is 31.2. The first-order valence-electron chi connectivity index (χ1n) is 3.43. The zero-order chi connectivity index (χ0) is 11.4. The summed E-state index contributed by atoms with van der Waals surface area (Å²) in [5.74, 6) is 0. The average molecular weight is 250 g/mol. The van der Waals surface area contributed by atoms with Crippen LogP contribution in [0, 0.1) is 0 Å². The highest BCUT2D eigenvalue weighted by Crippen LogP contribution is 2.38. The molecule has 0 bridgehead atoms. The standard InChI is InChI=1S/C4H12O8P2/c1-13(6,7)11-2-4(5)3-12-14(8,9)10/h4-5H,2-3H2,1H3,(H,6,7)(H2,8,9,10). The van der Waals surface area contributed by atoms with Crippen LogP contribution >= 0.6 is 15.4 Å². The molecule has 14 heavy (non-hydrogen) atoms. The Balaban J connectivity index is 3.73. The van der Waals surface area contributed by atoms with Gasteiger partial charge < -0.3 is 24.3 Å². The number of hydrogen-bond donors (Lipinski definition) is 4. The third-order valence-electron chi connectivity index (χ3n) is 0.942. The van der Waals surface area contributed by atoms with Crippen molar-refractivity contribution in [3.8, 4) is 0 Å². The minimum Gasteiger partial charge on any atom is -0.388 e. The smallest absolute Gasteiger partial charge is 0.388 e. The van der Waals surface area contributed by atoms with Crippen LogP contribution in [0.2, 0.25) is 0 Å². The van der Waals surface area contributed by atoms with Crippen LogP contribution in [0.25, 0.3) is 0 Å². The van der Waals surface area contributed by atoms with Crippen LogP contribution in [-0.2, 0) is 18.2 Å². The third-order valence-corrected chi connectivity index (χ3v) is 2.06. The topological polar surface area (TPSA) is 134 Å². The number of aliphatic hydroxyl groups is 1. The molecule has 0 saturated carbocycles. The summed E-state index contributed by atoms with van der Waals surface area (Å²) in [7, 11) is -8.32. The fourth-order valence-corrected chi connectivity index (χ4v) is 1.27. The van der Waals surface area contributed by atoms with E-state index >= 15 is 0 Å². The minimum atomic E-state index is -4.63. The Kier molecular flexibility index (Phi) is 5.43. The molecule has 0 rings (SSSR count). The third kappa shape index (κ3) is 10.3. The lowest BCUT2D eigenvalue weighted by Crippen LogP contribution is -2.20. The molecule has 0 aromatic rings. The van der Waals surface area contributed by atoms with Crippen molar-refractivity contribution in [1.82, 2.24) is 0 Å². The molecule has 0 radical (unpaired) electrons. The molecule has 4 N–H and O–H groups in total. The molecule has 0 aliphatic rings. The van der Waals surface area contributed by atoms with Gasteiger partial charge in [-0.1, -0.05) is 0 Å². The van der Waals surface area contributed by atoms with Crippen molar-refractivity contribution in [3.05, 3.63) is 0 Å². The van der Waals surface area contributed by atoms with Crippen molar-refractivity contribution in [2.45, 2.75) is 6.10 Å². The van der Waals surface area contributed by atoms with Crippen LogP contribution in [0.3, 0.4) is 0 Å². The van der Waals surface area contributed by atoms with Crippen molar-refractivity contribution in [3.63, 3.8) is 0 Å². The SMILES string of the molecule is CP(=O)(O)OCC(O)COP(=O)(O)O. The van der Waals surface area contributed by atoms with Crippen LogP contribution in [0.15, 0.2) is 0 Å². The van der Waals surface area contributed by atoms with Gasteiger partial charge in [0, 0.05) is 6.66 Å². The molecule has 2 unspecified atom stereocenters. The highest BCUT2D eigenvalue weighted by Gasteiger charge is 2.19. The van der Waals surface area contributed by atoms with E-state index in [0.29, 0.717) is 0 Å². The van der Waals surface area contributed by atoms with Gasteiger partial charge in [0.05, 0.1) is 13.2 Å². The molecule has 86 valence electrons. The molecule has 0 aromatic heterocycles. The Labute approximate surface area is 80.3 Å². The molecule has 0 aliphatic heterocycles. The van der Waals surface area contributed by atoms with Gasteiger partial charge in [0.2, 0.25) is 0 Å². The highest BCUT2D eigenvalue weighted by molar-refractivity contribution is 7.51. The van der Waals surface area contributed by atoms with Gasteiger partial charge in [0.1, 0.15) is 6.10 Å². The lowest BCUT2D eigenvalue weighted by atomic mass is 10.4. The summed E-state index contributed by atoms with van der Waals surface area (Å²) in [6.45, 7) is -0.294. The Bertz CT molecular complexity index is 226. The number of phosphoric ester groups is 1. The number of hydrogen-bond acceptors (Lipinski definition) is 5. The van der Waals surface area contributed by atoms with Crippen molar-refractivity contribution >= 4 is 15.4 Å². The van der Waals surface area contributed by atoms with Crippen molar-refractivity contribution in [1.29, 1.82) is 0 Å². The number of rotatable bonds is 6. The van der Waals surface area contributed by atoms with Gasteiger partial charge in [-0.15, -0.1) is 0 Å². The van der Waals surface area contributed by atoms with Gasteiger partial charge >= 0.3 is 15.4 Å². The number of phosphoric acid groups is 1. The second-order valence-electron chi connectivity index (χ2n) is 2.54. The van der Waals surface area contributed by atoms with Gasteiger partial charge in [-0.3, -0.25) is 9.09 Å². The minimum absolute atomic E-state index is 0.537. The first kappa shape index (κ1) is 14.2. The van der Waals surface area contributed by atoms with Gasteiger partial charge in [0.15, 0.2) is 0 Å². The second kappa shape index (κ2) is 5.34. The van der Waals surface area contributed by atoms with E-state index in [0.717, 1.165) is 6.66 Å². The van der Waals surface area contributed by atoms with Gasteiger partial charge in [-0.05, 0) is 0 Å². The molecule has 0 aliphatic carbocycles. The van der Waals surface area contributed by atoms with E-state index in [1.165, 1.54) is 0 Å². The zero-order valence-corrected chi connectivity index (χ0v) is 9.10. The summed E-state index contributed by atoms with van der Waals surface area (Å²) >= 11 is 0. The first-order valence-corrected chi connectivity index (χ1v) is 6.98. The summed E-state index contributed by atoms with van der Waals surface area (Å²) in [4.78, 5) is 25.1. The van der Waals surface area contributed by atoms with Crippen LogP contribution in [-0.4, -0.2) is 45.8 Å². The molecular weight excluding hydrogens is 238 g/mol. The molecular formula is C4H12O8P2. The van der Waals surface area contributed by atoms with E-state index in [2.05, 4.69) is 9.05 Å². The second-order valence-corrected chi connectivity index (χ2v) is 5.64. The molecule has 8 nitrogen and oxygen atoms in total. The summed E-state index contributed by atoms with van der Waals surface area (Å²) < 4.78 is 28.9. The molecule has 0 aromatic carbocycles. The Hall–Kier alpha value is 0.220. The van der Waals surface area contributed by atoms with E-state index in [4.69, 9.17) is 19.8 Å². The predicted octanol–water partition coefficient (Wildman–Crippen LogP) is -0.712. The van der Waals surface area contributed by atoms with Crippen molar-refractivity contribution < 1.29 is 38.0 Å². The first-order chi connectivity index (χ1) is 6.10. The summed E-state index contributed by atoms with van der Waals surface area (Å²) in [5, 5.41) is 8.95. The van der Waals surface area contributed by atoms with Crippen LogP contribution in [0.5, 0.6) is 0 Å². The van der Waals surface area contributed by atoms with Crippen LogP contribution < -0.4 is 0 Å². The normalized spacial score (nSPS) is 18.9. The van der Waals surface area contributed by atoms with E-state index in [1.54, 1.807) is 0 Å². The van der Waals surface area contributed by atoms with Gasteiger partial charge in [-0.25, -0.2) is 4.57 Å². The van der Waals surface area contributed by atoms with E-state index in [9.17, 15) is 9.13 Å².